The molecule has 1 aliphatic carbocycles. The molecule has 3 fully saturated rings. The van der Waals surface area contributed by atoms with Crippen LogP contribution in [0, 0.1) is 5.92 Å². The van der Waals surface area contributed by atoms with Gasteiger partial charge in [-0.25, -0.2) is 0 Å². The molecule has 2 aliphatic heterocycles. The number of rotatable bonds is 6. The number of hydrogen-bond donors (Lipinski definition) is 1. The molecule has 3 aliphatic rings. The molecule has 1 atom stereocenters. The van der Waals surface area contributed by atoms with Gasteiger partial charge in [-0.2, -0.15) is 0 Å². The van der Waals surface area contributed by atoms with Gasteiger partial charge in [0.15, 0.2) is 0 Å². The number of carbonyl (C=O) groups excluding carboxylic acids is 3. The van der Waals surface area contributed by atoms with Crippen molar-refractivity contribution < 1.29 is 14.4 Å². The molecule has 3 amide bonds. The smallest absolute Gasteiger partial charge is 0.225 e. The van der Waals surface area contributed by atoms with Crippen LogP contribution < -0.4 is 5.32 Å². The maximum Gasteiger partial charge on any atom is 0.225 e. The van der Waals surface area contributed by atoms with Crippen LogP contribution in [0.3, 0.4) is 0 Å². The average Bonchev–Trinajstić information content (AvgIpc) is 3.03. The molecular weight excluding hydrogens is 342 g/mol. The fourth-order valence-electron chi connectivity index (χ4n) is 4.66. The summed E-state index contributed by atoms with van der Waals surface area (Å²) >= 11 is 0. The predicted molar refractivity (Wildman–Crippen MR) is 104 cm³/mol. The second-order valence-corrected chi connectivity index (χ2v) is 8.46. The Morgan fingerprint density at radius 2 is 1.52 bits per heavy atom. The molecule has 0 bridgehead atoms. The topological polar surface area (TPSA) is 69.7 Å². The van der Waals surface area contributed by atoms with Crippen LogP contribution in [0.15, 0.2) is 0 Å². The van der Waals surface area contributed by atoms with Crippen LogP contribution in [0.2, 0.25) is 0 Å². The highest BCUT2D eigenvalue weighted by molar-refractivity contribution is 5.84. The zero-order valence-electron chi connectivity index (χ0n) is 16.6. The standard InChI is InChI=1S/C21H35N3O3/c25-19-10-6-13-23(19)14-7-15-24-16-17(11-12-20(24)26)21(27)22-18-8-4-2-1-3-5-9-18/h17-18H,1-16H2,(H,22,27)/t17-/m1/s1. The van der Waals surface area contributed by atoms with E-state index in [9.17, 15) is 14.4 Å². The second-order valence-electron chi connectivity index (χ2n) is 8.46. The molecule has 0 aromatic carbocycles. The van der Waals surface area contributed by atoms with Gasteiger partial charge in [-0.05, 0) is 32.1 Å². The van der Waals surface area contributed by atoms with Gasteiger partial charge in [-0.1, -0.05) is 32.1 Å². The summed E-state index contributed by atoms with van der Waals surface area (Å²) in [4.78, 5) is 40.4. The largest absolute Gasteiger partial charge is 0.353 e. The van der Waals surface area contributed by atoms with Crippen molar-refractivity contribution >= 4 is 17.7 Å². The van der Waals surface area contributed by atoms with E-state index in [0.29, 0.717) is 38.4 Å². The van der Waals surface area contributed by atoms with Gasteiger partial charge in [0.05, 0.1) is 5.92 Å². The number of nitrogens with one attached hydrogen (secondary N) is 1. The molecule has 0 unspecified atom stereocenters. The minimum Gasteiger partial charge on any atom is -0.353 e. The molecule has 6 nitrogen and oxygen atoms in total. The van der Waals surface area contributed by atoms with Gasteiger partial charge >= 0.3 is 0 Å². The highest BCUT2D eigenvalue weighted by Crippen LogP contribution is 2.21. The number of amides is 3. The van der Waals surface area contributed by atoms with E-state index in [0.717, 1.165) is 38.8 Å². The number of hydrogen-bond acceptors (Lipinski definition) is 3. The Hall–Kier alpha value is -1.59. The van der Waals surface area contributed by atoms with Gasteiger partial charge in [-0.15, -0.1) is 0 Å². The number of piperidine rings is 1. The van der Waals surface area contributed by atoms with Gasteiger partial charge in [0.2, 0.25) is 17.7 Å². The van der Waals surface area contributed by atoms with Gasteiger partial charge < -0.3 is 15.1 Å². The van der Waals surface area contributed by atoms with Crippen molar-refractivity contribution in [1.29, 1.82) is 0 Å². The maximum absolute atomic E-state index is 12.7. The summed E-state index contributed by atoms with van der Waals surface area (Å²) < 4.78 is 0. The summed E-state index contributed by atoms with van der Waals surface area (Å²) in [6, 6.07) is 0.310. The van der Waals surface area contributed by atoms with Crippen LogP contribution in [-0.4, -0.2) is 59.7 Å². The minimum absolute atomic E-state index is 0.0819. The maximum atomic E-state index is 12.7. The fourth-order valence-corrected chi connectivity index (χ4v) is 4.66. The Bertz CT molecular complexity index is 529. The fraction of sp³-hybridized carbons (Fsp3) is 0.857. The van der Waals surface area contributed by atoms with Gasteiger partial charge in [0, 0.05) is 45.1 Å². The van der Waals surface area contributed by atoms with Crippen molar-refractivity contribution in [3.63, 3.8) is 0 Å². The molecule has 1 N–H and O–H groups in total. The number of likely N-dealkylation sites (tertiary alicyclic amines) is 2. The van der Waals surface area contributed by atoms with Crippen molar-refractivity contribution in [2.24, 2.45) is 5.92 Å². The molecule has 27 heavy (non-hydrogen) atoms. The van der Waals surface area contributed by atoms with E-state index in [-0.39, 0.29) is 23.6 Å². The number of carbonyl (C=O) groups is 3. The Kier molecular flexibility index (Phi) is 7.53. The van der Waals surface area contributed by atoms with Gasteiger partial charge in [0.1, 0.15) is 0 Å². The molecule has 0 aromatic heterocycles. The highest BCUT2D eigenvalue weighted by atomic mass is 16.2. The SMILES string of the molecule is O=C(NC1CCCCCCC1)[C@@H]1CCC(=O)N(CCCN2CCCC2=O)C1. The highest BCUT2D eigenvalue weighted by Gasteiger charge is 2.31. The van der Waals surface area contributed by atoms with Crippen LogP contribution in [-0.2, 0) is 14.4 Å². The molecular formula is C21H35N3O3. The van der Waals surface area contributed by atoms with Crippen LogP contribution in [0.25, 0.3) is 0 Å². The van der Waals surface area contributed by atoms with E-state index in [1.165, 1.54) is 32.1 Å². The average molecular weight is 378 g/mol. The van der Waals surface area contributed by atoms with Gasteiger partial charge in [-0.3, -0.25) is 14.4 Å². The summed E-state index contributed by atoms with van der Waals surface area (Å²) in [6.45, 7) is 2.75. The molecule has 3 rings (SSSR count). The van der Waals surface area contributed by atoms with Gasteiger partial charge in [0.25, 0.3) is 0 Å². The number of nitrogens with zero attached hydrogens (tertiary/aromatic N) is 2. The predicted octanol–water partition coefficient (Wildman–Crippen LogP) is 2.47. The Balaban J connectivity index is 1.43. The zero-order chi connectivity index (χ0) is 19.1. The molecule has 0 aromatic rings. The third kappa shape index (κ3) is 5.94. The molecule has 0 spiro atoms. The Morgan fingerprint density at radius 3 is 2.22 bits per heavy atom. The quantitative estimate of drug-likeness (QED) is 0.773. The van der Waals surface area contributed by atoms with E-state index < -0.39 is 0 Å². The molecule has 0 radical (unpaired) electrons. The lowest BCUT2D eigenvalue weighted by molar-refractivity contribution is -0.138. The first-order valence-electron chi connectivity index (χ1n) is 11.0. The third-order valence-corrected chi connectivity index (χ3v) is 6.35. The molecule has 1 saturated carbocycles. The van der Waals surface area contributed by atoms with Crippen LogP contribution in [0.4, 0.5) is 0 Å². The Labute approximate surface area is 163 Å². The first-order valence-corrected chi connectivity index (χ1v) is 11.0. The zero-order valence-corrected chi connectivity index (χ0v) is 16.6. The first-order chi connectivity index (χ1) is 13.1. The van der Waals surface area contributed by atoms with Crippen molar-refractivity contribution in [2.45, 2.75) is 83.1 Å². The van der Waals surface area contributed by atoms with Crippen LogP contribution in [0.1, 0.15) is 77.0 Å². The summed E-state index contributed by atoms with van der Waals surface area (Å²) in [5.74, 6) is 0.434. The summed E-state index contributed by atoms with van der Waals surface area (Å²) in [5.41, 5.74) is 0. The van der Waals surface area contributed by atoms with Crippen molar-refractivity contribution in [1.82, 2.24) is 15.1 Å². The van der Waals surface area contributed by atoms with Crippen LogP contribution >= 0.6 is 0 Å². The first kappa shape index (κ1) is 20.2. The third-order valence-electron chi connectivity index (χ3n) is 6.35. The summed E-state index contributed by atoms with van der Waals surface area (Å²) in [6.07, 6.45) is 12.0. The van der Waals surface area contributed by atoms with Crippen molar-refractivity contribution in [3.8, 4) is 0 Å². The molecule has 152 valence electrons. The normalized spacial score (nSPS) is 25.4. The lowest BCUT2D eigenvalue weighted by atomic mass is 9.93. The molecule has 6 heteroatoms. The van der Waals surface area contributed by atoms with E-state index in [4.69, 9.17) is 0 Å². The Morgan fingerprint density at radius 1 is 0.852 bits per heavy atom. The summed E-state index contributed by atoms with van der Waals surface area (Å²) in [7, 11) is 0. The van der Waals surface area contributed by atoms with E-state index in [2.05, 4.69) is 5.32 Å². The monoisotopic (exact) mass is 377 g/mol. The lowest BCUT2D eigenvalue weighted by Gasteiger charge is -2.33. The lowest BCUT2D eigenvalue weighted by Crippen LogP contribution is -2.48. The second kappa shape index (κ2) is 10.1. The summed E-state index contributed by atoms with van der Waals surface area (Å²) in [5, 5.41) is 3.27. The van der Waals surface area contributed by atoms with Crippen molar-refractivity contribution in [2.75, 3.05) is 26.2 Å². The van der Waals surface area contributed by atoms with Crippen LogP contribution in [0.5, 0.6) is 0 Å². The molecule has 2 heterocycles. The molecule has 2 saturated heterocycles. The van der Waals surface area contributed by atoms with Crippen molar-refractivity contribution in [3.05, 3.63) is 0 Å². The van der Waals surface area contributed by atoms with E-state index in [1.54, 1.807) is 0 Å². The minimum atomic E-state index is -0.0819. The van der Waals surface area contributed by atoms with E-state index in [1.807, 2.05) is 9.80 Å². The van der Waals surface area contributed by atoms with E-state index >= 15 is 0 Å².